The van der Waals surface area contributed by atoms with Gasteiger partial charge < -0.3 is 11.1 Å². The lowest BCUT2D eigenvalue weighted by Crippen LogP contribution is -2.41. The molecule has 1 heterocycles. The van der Waals surface area contributed by atoms with Gasteiger partial charge in [0, 0.05) is 35.6 Å². The first-order valence-electron chi connectivity index (χ1n) is 7.39. The van der Waals surface area contributed by atoms with Crippen LogP contribution in [0.3, 0.4) is 0 Å². The first kappa shape index (κ1) is 15.0. The number of hydrogen-bond acceptors (Lipinski definition) is 3. The number of amides is 1. The van der Waals surface area contributed by atoms with Gasteiger partial charge in [0.05, 0.1) is 5.56 Å². The summed E-state index contributed by atoms with van der Waals surface area (Å²) in [5, 5.41) is 3.69. The van der Waals surface area contributed by atoms with Crippen LogP contribution in [0.1, 0.15) is 23.2 Å². The number of benzene rings is 1. The van der Waals surface area contributed by atoms with E-state index in [0.29, 0.717) is 23.0 Å². The van der Waals surface area contributed by atoms with Crippen LogP contribution in [0.4, 0.5) is 0 Å². The second-order valence-corrected chi connectivity index (χ2v) is 6.06. The molecule has 1 aromatic heterocycles. The molecule has 4 nitrogen and oxygen atoms in total. The molecule has 2 aromatic rings. The Bertz CT molecular complexity index is 668. The van der Waals surface area contributed by atoms with Crippen LogP contribution < -0.4 is 11.1 Å². The minimum absolute atomic E-state index is 0.0617. The van der Waals surface area contributed by atoms with Gasteiger partial charge in [-0.1, -0.05) is 23.7 Å². The number of carbonyl (C=O) groups is 1. The summed E-state index contributed by atoms with van der Waals surface area (Å²) in [6.07, 6.45) is 5.60. The highest BCUT2D eigenvalue weighted by Crippen LogP contribution is 2.32. The Morgan fingerprint density at radius 3 is 2.64 bits per heavy atom. The van der Waals surface area contributed by atoms with Crippen LogP contribution in [-0.4, -0.2) is 23.5 Å². The minimum atomic E-state index is -0.120. The second-order valence-electron chi connectivity index (χ2n) is 5.62. The molecule has 22 heavy (non-hydrogen) atoms. The van der Waals surface area contributed by atoms with Crippen molar-refractivity contribution in [3.8, 4) is 11.1 Å². The Kier molecular flexibility index (Phi) is 4.41. The Morgan fingerprint density at radius 2 is 2.00 bits per heavy atom. The average molecular weight is 316 g/mol. The molecule has 0 aliphatic heterocycles. The predicted molar refractivity (Wildman–Crippen MR) is 87.7 cm³/mol. The first-order valence-corrected chi connectivity index (χ1v) is 7.77. The van der Waals surface area contributed by atoms with E-state index in [9.17, 15) is 4.79 Å². The lowest BCUT2D eigenvalue weighted by atomic mass is 10.1. The Morgan fingerprint density at radius 1 is 1.27 bits per heavy atom. The van der Waals surface area contributed by atoms with Crippen LogP contribution >= 0.6 is 11.6 Å². The molecule has 1 aliphatic rings. The summed E-state index contributed by atoms with van der Waals surface area (Å²) >= 11 is 5.90. The summed E-state index contributed by atoms with van der Waals surface area (Å²) in [4.78, 5) is 16.5. The van der Waals surface area contributed by atoms with Gasteiger partial charge in [-0.3, -0.25) is 9.78 Å². The molecule has 1 atom stereocenters. The summed E-state index contributed by atoms with van der Waals surface area (Å²) in [6.45, 7) is 0.473. The molecule has 0 spiro atoms. The number of nitrogens with two attached hydrogens (primary N) is 1. The molecule has 3 N–H and O–H groups in total. The highest BCUT2D eigenvalue weighted by Gasteiger charge is 2.31. The van der Waals surface area contributed by atoms with Gasteiger partial charge in [-0.15, -0.1) is 0 Å². The van der Waals surface area contributed by atoms with Gasteiger partial charge in [0.2, 0.25) is 0 Å². The van der Waals surface area contributed by atoms with Gasteiger partial charge in [-0.25, -0.2) is 0 Å². The SMILES string of the molecule is NCC(NC(=O)c1cncc(-c2ccc(Cl)cc2)c1)C1CC1. The molecule has 3 rings (SSSR count). The van der Waals surface area contributed by atoms with E-state index in [1.165, 1.54) is 0 Å². The topological polar surface area (TPSA) is 68.0 Å². The van der Waals surface area contributed by atoms with E-state index in [-0.39, 0.29) is 11.9 Å². The highest BCUT2D eigenvalue weighted by molar-refractivity contribution is 6.30. The maximum absolute atomic E-state index is 12.4. The van der Waals surface area contributed by atoms with E-state index in [1.54, 1.807) is 12.4 Å². The van der Waals surface area contributed by atoms with Gasteiger partial charge >= 0.3 is 0 Å². The van der Waals surface area contributed by atoms with Gasteiger partial charge in [-0.2, -0.15) is 0 Å². The summed E-state index contributed by atoms with van der Waals surface area (Å²) in [5.74, 6) is 0.409. The third-order valence-electron chi connectivity index (χ3n) is 3.94. The van der Waals surface area contributed by atoms with Crippen molar-refractivity contribution in [2.24, 2.45) is 11.7 Å². The normalized spacial score (nSPS) is 15.4. The minimum Gasteiger partial charge on any atom is -0.348 e. The highest BCUT2D eigenvalue weighted by atomic mass is 35.5. The van der Waals surface area contributed by atoms with E-state index in [2.05, 4.69) is 10.3 Å². The second kappa shape index (κ2) is 6.46. The van der Waals surface area contributed by atoms with E-state index in [4.69, 9.17) is 17.3 Å². The van der Waals surface area contributed by atoms with E-state index in [0.717, 1.165) is 24.0 Å². The quantitative estimate of drug-likeness (QED) is 0.891. The van der Waals surface area contributed by atoms with Gasteiger partial charge in [0.1, 0.15) is 0 Å². The fraction of sp³-hybridized carbons (Fsp3) is 0.294. The standard InChI is InChI=1S/C17H18ClN3O/c18-15-5-3-11(4-6-15)13-7-14(10-20-9-13)17(22)21-16(8-19)12-1-2-12/h3-7,9-10,12,16H,1-2,8,19H2,(H,21,22). The largest absolute Gasteiger partial charge is 0.348 e. The molecule has 0 radical (unpaired) electrons. The number of rotatable bonds is 5. The molecule has 1 aliphatic carbocycles. The molecule has 1 fully saturated rings. The number of nitrogens with zero attached hydrogens (tertiary/aromatic N) is 1. The maximum atomic E-state index is 12.4. The molecule has 114 valence electrons. The van der Waals surface area contributed by atoms with Crippen molar-refractivity contribution in [3.63, 3.8) is 0 Å². The Hall–Kier alpha value is -1.91. The van der Waals surface area contributed by atoms with Crippen LogP contribution in [0.15, 0.2) is 42.7 Å². The van der Waals surface area contributed by atoms with Gasteiger partial charge in [0.25, 0.3) is 5.91 Å². The lowest BCUT2D eigenvalue weighted by Gasteiger charge is -2.16. The Balaban J connectivity index is 1.78. The van der Waals surface area contributed by atoms with Crippen LogP contribution in [-0.2, 0) is 0 Å². The summed E-state index contributed by atoms with van der Waals surface area (Å²) in [5.41, 5.74) is 8.15. The van der Waals surface area contributed by atoms with Crippen LogP contribution in [0.25, 0.3) is 11.1 Å². The van der Waals surface area contributed by atoms with E-state index < -0.39 is 0 Å². The van der Waals surface area contributed by atoms with Crippen molar-refractivity contribution in [1.29, 1.82) is 0 Å². The number of aromatic nitrogens is 1. The molecule has 1 saturated carbocycles. The summed E-state index contributed by atoms with van der Waals surface area (Å²) < 4.78 is 0. The first-order chi connectivity index (χ1) is 10.7. The smallest absolute Gasteiger partial charge is 0.253 e. The van der Waals surface area contributed by atoms with Crippen molar-refractivity contribution < 1.29 is 4.79 Å². The third-order valence-corrected chi connectivity index (χ3v) is 4.19. The lowest BCUT2D eigenvalue weighted by molar-refractivity contribution is 0.0933. The molecule has 1 amide bonds. The van der Waals surface area contributed by atoms with Crippen molar-refractivity contribution in [1.82, 2.24) is 10.3 Å². The molecular formula is C17H18ClN3O. The zero-order valence-corrected chi connectivity index (χ0v) is 12.9. The van der Waals surface area contributed by atoms with E-state index in [1.807, 2.05) is 30.3 Å². The Labute approximate surface area is 134 Å². The van der Waals surface area contributed by atoms with Gasteiger partial charge in [-0.05, 0) is 42.5 Å². The van der Waals surface area contributed by atoms with Crippen molar-refractivity contribution in [2.45, 2.75) is 18.9 Å². The number of pyridine rings is 1. The number of carbonyl (C=O) groups excluding carboxylic acids is 1. The fourth-order valence-corrected chi connectivity index (χ4v) is 2.61. The van der Waals surface area contributed by atoms with Crippen molar-refractivity contribution in [3.05, 3.63) is 53.3 Å². The number of halogens is 1. The summed E-state index contributed by atoms with van der Waals surface area (Å²) in [6, 6.07) is 9.36. The maximum Gasteiger partial charge on any atom is 0.253 e. The molecule has 1 aromatic carbocycles. The molecule has 0 saturated heterocycles. The van der Waals surface area contributed by atoms with E-state index >= 15 is 0 Å². The zero-order chi connectivity index (χ0) is 15.5. The number of nitrogens with one attached hydrogen (secondary N) is 1. The molecule has 5 heteroatoms. The van der Waals surface area contributed by atoms with Crippen LogP contribution in [0.5, 0.6) is 0 Å². The third kappa shape index (κ3) is 3.46. The fourth-order valence-electron chi connectivity index (χ4n) is 2.48. The van der Waals surface area contributed by atoms with Crippen LogP contribution in [0, 0.1) is 5.92 Å². The van der Waals surface area contributed by atoms with Crippen molar-refractivity contribution in [2.75, 3.05) is 6.54 Å². The monoisotopic (exact) mass is 315 g/mol. The molecule has 0 bridgehead atoms. The average Bonchev–Trinajstić information content (AvgIpc) is 3.38. The van der Waals surface area contributed by atoms with Gasteiger partial charge in [0.15, 0.2) is 0 Å². The molecule has 1 unspecified atom stereocenters. The zero-order valence-electron chi connectivity index (χ0n) is 12.1. The predicted octanol–water partition coefficient (Wildman–Crippen LogP) is 2.87. The van der Waals surface area contributed by atoms with Crippen LogP contribution in [0.2, 0.25) is 5.02 Å². The summed E-state index contributed by atoms with van der Waals surface area (Å²) in [7, 11) is 0. The van der Waals surface area contributed by atoms with Crippen molar-refractivity contribution >= 4 is 17.5 Å². The molecular weight excluding hydrogens is 298 g/mol. The number of hydrogen-bond donors (Lipinski definition) is 2.